The normalized spacial score (nSPS) is 18.9. The largest absolute Gasteiger partial charge is 0.372 e. The van der Waals surface area contributed by atoms with Crippen LogP contribution in [0, 0.1) is 5.41 Å². The molecule has 2 N–H and O–H groups in total. The zero-order chi connectivity index (χ0) is 25.7. The first-order valence-corrected chi connectivity index (χ1v) is 12.7. The SMILES string of the molecule is CC1(C)CC(=O)C2=C(C1)Nc1cc(C(=O)c3ccccc3)ccc1NC2c1ccc(C(C)(C)C)cc1. The minimum atomic E-state index is -0.262. The second-order valence-corrected chi connectivity index (χ2v) is 11.9. The van der Waals surface area contributed by atoms with Crippen molar-refractivity contribution in [2.45, 2.75) is 58.9 Å². The van der Waals surface area contributed by atoms with Crippen molar-refractivity contribution < 1.29 is 9.59 Å². The number of rotatable bonds is 3. The van der Waals surface area contributed by atoms with Crippen LogP contribution in [0.1, 0.15) is 80.6 Å². The lowest BCUT2D eigenvalue weighted by atomic mass is 9.73. The third kappa shape index (κ3) is 4.60. The molecule has 1 atom stereocenters. The van der Waals surface area contributed by atoms with Crippen molar-refractivity contribution in [3.8, 4) is 0 Å². The molecule has 0 fully saturated rings. The summed E-state index contributed by atoms with van der Waals surface area (Å²) in [4.78, 5) is 26.7. The lowest BCUT2D eigenvalue weighted by Crippen LogP contribution is -2.31. The highest BCUT2D eigenvalue weighted by Gasteiger charge is 2.38. The van der Waals surface area contributed by atoms with Crippen molar-refractivity contribution in [1.29, 1.82) is 0 Å². The van der Waals surface area contributed by atoms with Crippen molar-refractivity contribution in [2.75, 3.05) is 10.6 Å². The summed E-state index contributed by atoms with van der Waals surface area (Å²) >= 11 is 0. The first kappa shape index (κ1) is 24.1. The molecule has 4 nitrogen and oxygen atoms in total. The molecule has 3 aromatic rings. The van der Waals surface area contributed by atoms with Crippen LogP contribution in [0.2, 0.25) is 0 Å². The summed E-state index contributed by atoms with van der Waals surface area (Å²) in [6.07, 6.45) is 1.28. The number of allylic oxidation sites excluding steroid dienone is 1. The van der Waals surface area contributed by atoms with Crippen LogP contribution in [0.5, 0.6) is 0 Å². The van der Waals surface area contributed by atoms with E-state index in [1.165, 1.54) is 5.56 Å². The molecule has 1 heterocycles. The van der Waals surface area contributed by atoms with Crippen molar-refractivity contribution in [3.05, 3.63) is 106 Å². The highest BCUT2D eigenvalue weighted by molar-refractivity contribution is 6.10. The molecule has 0 bridgehead atoms. The fraction of sp³-hybridized carbons (Fsp3) is 0.312. The van der Waals surface area contributed by atoms with Crippen LogP contribution in [-0.2, 0) is 10.2 Å². The highest BCUT2D eigenvalue weighted by atomic mass is 16.1. The fourth-order valence-electron chi connectivity index (χ4n) is 5.27. The number of Topliss-reactive ketones (excluding diaryl/α,β-unsaturated/α-hetero) is 1. The Hall–Kier alpha value is -3.66. The summed E-state index contributed by atoms with van der Waals surface area (Å²) in [5, 5.41) is 7.22. The van der Waals surface area contributed by atoms with E-state index in [0.29, 0.717) is 17.5 Å². The first-order valence-electron chi connectivity index (χ1n) is 12.7. The molecule has 0 aromatic heterocycles. The smallest absolute Gasteiger partial charge is 0.193 e. The minimum absolute atomic E-state index is 0.0204. The van der Waals surface area contributed by atoms with Gasteiger partial charge in [0.1, 0.15) is 0 Å². The molecule has 0 saturated carbocycles. The van der Waals surface area contributed by atoms with Gasteiger partial charge in [0.15, 0.2) is 11.6 Å². The average Bonchev–Trinajstić information content (AvgIpc) is 2.99. The zero-order valence-corrected chi connectivity index (χ0v) is 21.7. The Bertz CT molecular complexity index is 1360. The van der Waals surface area contributed by atoms with Gasteiger partial charge in [-0.3, -0.25) is 9.59 Å². The van der Waals surface area contributed by atoms with E-state index < -0.39 is 0 Å². The Morgan fingerprint density at radius 2 is 1.56 bits per heavy atom. The molecule has 5 rings (SSSR count). The van der Waals surface area contributed by atoms with Gasteiger partial charge in [-0.05, 0) is 46.6 Å². The number of hydrogen-bond acceptors (Lipinski definition) is 4. The van der Waals surface area contributed by atoms with Crippen LogP contribution in [0.25, 0.3) is 0 Å². The summed E-state index contributed by atoms with van der Waals surface area (Å²) in [6, 6.07) is 23.4. The van der Waals surface area contributed by atoms with Crippen molar-refractivity contribution in [2.24, 2.45) is 5.41 Å². The quantitative estimate of drug-likeness (QED) is 0.384. The monoisotopic (exact) mass is 478 g/mol. The van der Waals surface area contributed by atoms with E-state index in [4.69, 9.17) is 0 Å². The van der Waals surface area contributed by atoms with Crippen LogP contribution in [0.3, 0.4) is 0 Å². The summed E-state index contributed by atoms with van der Waals surface area (Å²) in [6.45, 7) is 10.9. The maximum absolute atomic E-state index is 13.5. The maximum Gasteiger partial charge on any atom is 0.193 e. The number of carbonyl (C=O) groups is 2. The van der Waals surface area contributed by atoms with E-state index in [9.17, 15) is 9.59 Å². The third-order valence-corrected chi connectivity index (χ3v) is 7.22. The number of fused-ring (bicyclic) bond motifs is 1. The van der Waals surface area contributed by atoms with E-state index in [2.05, 4.69) is 69.5 Å². The van der Waals surface area contributed by atoms with Gasteiger partial charge in [0.05, 0.1) is 17.4 Å². The molecule has 1 aliphatic carbocycles. The Balaban J connectivity index is 1.59. The van der Waals surface area contributed by atoms with Crippen LogP contribution in [0.4, 0.5) is 11.4 Å². The van der Waals surface area contributed by atoms with E-state index in [-0.39, 0.29) is 28.4 Å². The summed E-state index contributed by atoms with van der Waals surface area (Å²) < 4.78 is 0. The molecule has 0 radical (unpaired) electrons. The lowest BCUT2D eigenvalue weighted by molar-refractivity contribution is -0.118. The summed E-state index contributed by atoms with van der Waals surface area (Å²) in [5.74, 6) is 0.146. The average molecular weight is 479 g/mol. The van der Waals surface area contributed by atoms with Gasteiger partial charge in [0, 0.05) is 28.8 Å². The number of nitrogens with one attached hydrogen (secondary N) is 2. The van der Waals surface area contributed by atoms with Gasteiger partial charge in [0.2, 0.25) is 0 Å². The van der Waals surface area contributed by atoms with Crippen LogP contribution in [-0.4, -0.2) is 11.6 Å². The molecule has 2 aliphatic rings. The number of anilines is 2. The molecular weight excluding hydrogens is 444 g/mol. The summed E-state index contributed by atoms with van der Waals surface area (Å²) in [5.41, 5.74) is 6.95. The first-order chi connectivity index (χ1) is 17.0. The van der Waals surface area contributed by atoms with Crippen LogP contribution in [0.15, 0.2) is 84.1 Å². The molecule has 36 heavy (non-hydrogen) atoms. The van der Waals surface area contributed by atoms with Gasteiger partial charge >= 0.3 is 0 Å². The molecule has 3 aromatic carbocycles. The molecule has 0 saturated heterocycles. The fourth-order valence-corrected chi connectivity index (χ4v) is 5.27. The number of hydrogen-bond donors (Lipinski definition) is 2. The van der Waals surface area contributed by atoms with Gasteiger partial charge < -0.3 is 10.6 Å². The van der Waals surface area contributed by atoms with Gasteiger partial charge in [-0.15, -0.1) is 0 Å². The number of carbonyl (C=O) groups excluding carboxylic acids is 2. The van der Waals surface area contributed by atoms with Crippen molar-refractivity contribution in [1.82, 2.24) is 0 Å². The van der Waals surface area contributed by atoms with E-state index in [1.807, 2.05) is 48.5 Å². The second kappa shape index (κ2) is 8.77. The van der Waals surface area contributed by atoms with Crippen molar-refractivity contribution >= 4 is 22.9 Å². The van der Waals surface area contributed by atoms with Gasteiger partial charge in [-0.2, -0.15) is 0 Å². The van der Waals surface area contributed by atoms with Crippen molar-refractivity contribution in [3.63, 3.8) is 0 Å². The second-order valence-electron chi connectivity index (χ2n) is 11.9. The van der Waals surface area contributed by atoms with E-state index in [0.717, 1.165) is 34.6 Å². The molecule has 0 spiro atoms. The predicted molar refractivity (Wildman–Crippen MR) is 146 cm³/mol. The Kier molecular flexibility index (Phi) is 5.86. The number of ketones is 2. The molecule has 0 amide bonds. The Morgan fingerprint density at radius 3 is 2.22 bits per heavy atom. The summed E-state index contributed by atoms with van der Waals surface area (Å²) in [7, 11) is 0. The van der Waals surface area contributed by atoms with E-state index in [1.54, 1.807) is 0 Å². The third-order valence-electron chi connectivity index (χ3n) is 7.22. The molecular formula is C32H34N2O2. The lowest BCUT2D eigenvalue weighted by Gasteiger charge is -2.34. The van der Waals surface area contributed by atoms with E-state index >= 15 is 0 Å². The molecule has 184 valence electrons. The topological polar surface area (TPSA) is 58.2 Å². The molecule has 4 heteroatoms. The van der Waals surface area contributed by atoms with Gasteiger partial charge in [-0.25, -0.2) is 0 Å². The number of benzene rings is 3. The maximum atomic E-state index is 13.5. The van der Waals surface area contributed by atoms with Gasteiger partial charge in [0.25, 0.3) is 0 Å². The zero-order valence-electron chi connectivity index (χ0n) is 21.7. The highest BCUT2D eigenvalue weighted by Crippen LogP contribution is 2.45. The molecule has 1 aliphatic heterocycles. The van der Waals surface area contributed by atoms with Gasteiger partial charge in [-0.1, -0.05) is 89.2 Å². The predicted octanol–water partition coefficient (Wildman–Crippen LogP) is 7.44. The molecule has 1 unspecified atom stereocenters. The van der Waals surface area contributed by atoms with Crippen LogP contribution >= 0.6 is 0 Å². The minimum Gasteiger partial charge on any atom is -0.372 e. The Labute approximate surface area is 213 Å². The standard InChI is InChI=1S/C32H34N2O2/c1-31(2,3)23-14-11-20(12-15-23)29-28-26(18-32(4,5)19-27(28)35)33-25-17-22(13-16-24(25)34-29)30(36)21-9-7-6-8-10-21/h6-17,29,33-34H,18-19H2,1-5H3. The van der Waals surface area contributed by atoms with Crippen LogP contribution < -0.4 is 10.6 Å². The Morgan fingerprint density at radius 1 is 0.861 bits per heavy atom.